The van der Waals surface area contributed by atoms with Gasteiger partial charge in [0.1, 0.15) is 17.2 Å². The smallest absolute Gasteiger partial charge is 0.386 e. The highest BCUT2D eigenvalue weighted by molar-refractivity contribution is 7.49. The van der Waals surface area contributed by atoms with Crippen LogP contribution in [0.4, 0.5) is 0 Å². The van der Waals surface area contributed by atoms with Crippen LogP contribution in [0.1, 0.15) is 158 Å². The summed E-state index contributed by atoms with van der Waals surface area (Å²) in [5.41, 5.74) is 6.32. The first-order valence-electron chi connectivity index (χ1n) is 17.1. The Hall–Kier alpha value is -2.71. The van der Waals surface area contributed by atoms with Crippen molar-refractivity contribution in [2.75, 3.05) is 0 Å². The van der Waals surface area contributed by atoms with Crippen molar-refractivity contribution < 1.29 is 18.1 Å². The molecule has 47 heavy (non-hydrogen) atoms. The third-order valence-corrected chi connectivity index (χ3v) is 9.78. The molecular formula is C42H63O4P. The van der Waals surface area contributed by atoms with Crippen LogP contribution < -0.4 is 13.6 Å². The van der Waals surface area contributed by atoms with Crippen molar-refractivity contribution in [2.24, 2.45) is 0 Å². The minimum Gasteiger partial charge on any atom is -0.386 e. The summed E-state index contributed by atoms with van der Waals surface area (Å²) < 4.78 is 34.1. The van der Waals surface area contributed by atoms with Gasteiger partial charge in [-0.05, 0) is 102 Å². The highest BCUT2D eigenvalue weighted by atomic mass is 31.2. The van der Waals surface area contributed by atoms with Gasteiger partial charge in [0.05, 0.1) is 0 Å². The van der Waals surface area contributed by atoms with E-state index in [1.165, 1.54) is 16.7 Å². The third-order valence-electron chi connectivity index (χ3n) is 8.47. The molecule has 0 bridgehead atoms. The van der Waals surface area contributed by atoms with Gasteiger partial charge in [-0.15, -0.1) is 0 Å². The fraction of sp³-hybridized carbons (Fsp3) is 0.571. The fourth-order valence-electron chi connectivity index (χ4n) is 6.01. The largest absolute Gasteiger partial charge is 0.647 e. The van der Waals surface area contributed by atoms with Crippen molar-refractivity contribution in [1.29, 1.82) is 0 Å². The Morgan fingerprint density at radius 1 is 0.340 bits per heavy atom. The van der Waals surface area contributed by atoms with E-state index in [1.54, 1.807) is 0 Å². The van der Waals surface area contributed by atoms with Gasteiger partial charge in [-0.3, -0.25) is 0 Å². The molecule has 3 aromatic rings. The van der Waals surface area contributed by atoms with E-state index in [1.807, 2.05) is 36.4 Å². The molecule has 3 rings (SSSR count). The third kappa shape index (κ3) is 9.69. The standard InChI is InChI=1S/C42H63O4P/c1-37(2,3)31-22-19-28(25-34(31)40(10,11)12)44-47(43,45-29-20-23-32(38(4,5)6)35(26-29)41(13,14)15)46-30-21-24-33(39(7,8)9)36(27-30)42(16,17)18/h19-27H,1-18H3. The zero-order valence-electron chi connectivity index (χ0n) is 32.8. The predicted molar refractivity (Wildman–Crippen MR) is 201 cm³/mol. The summed E-state index contributed by atoms with van der Waals surface area (Å²) in [5, 5.41) is 0. The average molecular weight is 663 g/mol. The molecule has 0 aliphatic heterocycles. The van der Waals surface area contributed by atoms with Crippen LogP contribution in [0.2, 0.25) is 0 Å². The van der Waals surface area contributed by atoms with Crippen LogP contribution in [0.25, 0.3) is 0 Å². The number of rotatable bonds is 6. The maximum Gasteiger partial charge on any atom is 0.647 e. The number of hydrogen-bond acceptors (Lipinski definition) is 4. The lowest BCUT2D eigenvalue weighted by atomic mass is 9.75. The van der Waals surface area contributed by atoms with Gasteiger partial charge in [0.25, 0.3) is 0 Å². The maximum atomic E-state index is 15.0. The van der Waals surface area contributed by atoms with Crippen molar-refractivity contribution in [3.05, 3.63) is 88.0 Å². The Morgan fingerprint density at radius 2 is 0.532 bits per heavy atom. The minimum absolute atomic E-state index is 0.0752. The first-order chi connectivity index (χ1) is 20.9. The second kappa shape index (κ2) is 12.6. The van der Waals surface area contributed by atoms with Crippen LogP contribution in [0.3, 0.4) is 0 Å². The summed E-state index contributed by atoms with van der Waals surface area (Å²) in [4.78, 5) is 0. The molecule has 0 atom stereocenters. The molecule has 0 saturated carbocycles. The second-order valence-corrected chi connectivity index (χ2v) is 20.8. The highest BCUT2D eigenvalue weighted by Crippen LogP contribution is 2.52. The van der Waals surface area contributed by atoms with E-state index in [4.69, 9.17) is 13.6 Å². The molecular weight excluding hydrogens is 599 g/mol. The topological polar surface area (TPSA) is 44.8 Å². The van der Waals surface area contributed by atoms with E-state index < -0.39 is 7.82 Å². The lowest BCUT2D eigenvalue weighted by Gasteiger charge is -2.32. The molecule has 0 aliphatic carbocycles. The van der Waals surface area contributed by atoms with Crippen LogP contribution in [0.15, 0.2) is 54.6 Å². The lowest BCUT2D eigenvalue weighted by Crippen LogP contribution is -2.22. The Labute approximate surface area is 287 Å². The molecule has 0 aliphatic rings. The summed E-state index contributed by atoms with van der Waals surface area (Å²) in [6, 6.07) is 17.8. The quantitative estimate of drug-likeness (QED) is 0.246. The van der Waals surface area contributed by atoms with Crippen molar-refractivity contribution in [2.45, 2.75) is 157 Å². The monoisotopic (exact) mass is 662 g/mol. The van der Waals surface area contributed by atoms with E-state index >= 15 is 0 Å². The Bertz CT molecular complexity index is 1430. The van der Waals surface area contributed by atoms with Gasteiger partial charge in [0.15, 0.2) is 0 Å². The molecule has 0 aromatic heterocycles. The highest BCUT2D eigenvalue weighted by Gasteiger charge is 2.37. The normalized spacial score (nSPS) is 13.8. The number of hydrogen-bond donors (Lipinski definition) is 0. The van der Waals surface area contributed by atoms with Gasteiger partial charge in [-0.1, -0.05) is 143 Å². The Balaban J connectivity index is 2.23. The SMILES string of the molecule is CC(C)(C)c1ccc(OP(=O)(Oc2ccc(C(C)(C)C)c(C(C)(C)C)c2)Oc2ccc(C(C)(C)C)c(C(C)(C)C)c2)cc1C(C)(C)C. The van der Waals surface area contributed by atoms with Gasteiger partial charge >= 0.3 is 7.82 Å². The maximum absolute atomic E-state index is 15.0. The minimum atomic E-state index is -4.27. The van der Waals surface area contributed by atoms with Gasteiger partial charge in [-0.25, -0.2) is 0 Å². The van der Waals surface area contributed by atoms with Gasteiger partial charge < -0.3 is 13.6 Å². The predicted octanol–water partition coefficient (Wildman–Crippen LogP) is 13.1. The molecule has 3 aromatic carbocycles. The van der Waals surface area contributed by atoms with Gasteiger partial charge in [0, 0.05) is 0 Å². The van der Waals surface area contributed by atoms with Crippen molar-refractivity contribution in [3.8, 4) is 17.2 Å². The summed E-state index contributed by atoms with van der Waals surface area (Å²) >= 11 is 0. The number of phosphoric ester groups is 1. The molecule has 260 valence electrons. The molecule has 0 unspecified atom stereocenters. The Morgan fingerprint density at radius 3 is 0.702 bits per heavy atom. The van der Waals surface area contributed by atoms with Crippen LogP contribution in [-0.2, 0) is 37.1 Å². The number of phosphoric acid groups is 1. The molecule has 0 spiro atoms. The molecule has 0 radical (unpaired) electrons. The van der Waals surface area contributed by atoms with Crippen molar-refractivity contribution >= 4 is 7.82 Å². The van der Waals surface area contributed by atoms with E-state index in [9.17, 15) is 4.57 Å². The fourth-order valence-corrected chi connectivity index (χ4v) is 7.23. The van der Waals surface area contributed by atoms with E-state index in [0.29, 0.717) is 17.2 Å². The molecule has 0 N–H and O–H groups in total. The Kier molecular flexibility index (Phi) is 10.4. The summed E-state index contributed by atoms with van der Waals surface area (Å²) in [7, 11) is -4.27. The first-order valence-corrected chi connectivity index (χ1v) is 18.5. The molecule has 0 amide bonds. The van der Waals surface area contributed by atoms with Gasteiger partial charge in [0.2, 0.25) is 0 Å². The molecule has 4 nitrogen and oxygen atoms in total. The second-order valence-electron chi connectivity index (χ2n) is 19.3. The van der Waals surface area contributed by atoms with Crippen molar-refractivity contribution in [3.63, 3.8) is 0 Å². The molecule has 0 saturated heterocycles. The first kappa shape index (κ1) is 38.7. The molecule has 0 fully saturated rings. The summed E-state index contributed by atoms with van der Waals surface area (Å²) in [6.07, 6.45) is 0. The van der Waals surface area contributed by atoms with Crippen LogP contribution >= 0.6 is 7.82 Å². The van der Waals surface area contributed by atoms with E-state index in [2.05, 4.69) is 143 Å². The zero-order valence-corrected chi connectivity index (χ0v) is 33.7. The average Bonchev–Trinajstić information content (AvgIpc) is 2.85. The summed E-state index contributed by atoms with van der Waals surface area (Å²) in [6.45, 7) is 39.5. The van der Waals surface area contributed by atoms with Crippen molar-refractivity contribution in [1.82, 2.24) is 0 Å². The number of benzene rings is 3. The van der Waals surface area contributed by atoms with Crippen LogP contribution in [0, 0.1) is 0 Å². The van der Waals surface area contributed by atoms with Crippen LogP contribution in [-0.4, -0.2) is 0 Å². The molecule has 5 heteroatoms. The van der Waals surface area contributed by atoms with E-state index in [0.717, 1.165) is 16.7 Å². The van der Waals surface area contributed by atoms with E-state index in [-0.39, 0.29) is 32.5 Å². The zero-order chi connectivity index (χ0) is 36.2. The van der Waals surface area contributed by atoms with Crippen LogP contribution in [0.5, 0.6) is 17.2 Å². The summed E-state index contributed by atoms with van der Waals surface area (Å²) in [5.74, 6) is 1.32. The molecule has 0 heterocycles. The van der Waals surface area contributed by atoms with Gasteiger partial charge in [-0.2, -0.15) is 4.57 Å². The lowest BCUT2D eigenvalue weighted by molar-refractivity contribution is 0.297.